The van der Waals surface area contributed by atoms with Gasteiger partial charge in [-0.15, -0.1) is 0 Å². The standard InChI is InChI=1S/C17H18ClFN2O5S/c1-21(27(23,24)16-9-12(19)5-7-15(16)26-3)10-17(22)20-13-8-11(18)4-6-14(13)25-2/h4-9H,10H2,1-3H3,(H,20,22). The number of nitrogens with one attached hydrogen (secondary N) is 1. The number of methoxy groups -OCH3 is 2. The van der Waals surface area contributed by atoms with Crippen LogP contribution in [0.2, 0.25) is 5.02 Å². The van der Waals surface area contributed by atoms with E-state index in [1.54, 1.807) is 12.1 Å². The van der Waals surface area contributed by atoms with Crippen molar-refractivity contribution in [2.45, 2.75) is 4.90 Å². The molecule has 1 amide bonds. The van der Waals surface area contributed by atoms with Gasteiger partial charge in [0, 0.05) is 12.1 Å². The molecule has 2 rings (SSSR count). The maximum atomic E-state index is 13.5. The number of ether oxygens (including phenoxy) is 2. The Labute approximate surface area is 161 Å². The first-order chi connectivity index (χ1) is 12.7. The first-order valence-electron chi connectivity index (χ1n) is 7.62. The van der Waals surface area contributed by atoms with Crippen molar-refractivity contribution >= 4 is 33.2 Å². The van der Waals surface area contributed by atoms with Crippen LogP contribution in [-0.2, 0) is 14.8 Å². The first kappa shape index (κ1) is 20.9. The van der Waals surface area contributed by atoms with Crippen LogP contribution in [0, 0.1) is 5.82 Å². The Kier molecular flexibility index (Phi) is 6.63. The van der Waals surface area contributed by atoms with E-state index in [1.807, 2.05) is 0 Å². The van der Waals surface area contributed by atoms with E-state index < -0.39 is 28.3 Å². The first-order valence-corrected chi connectivity index (χ1v) is 9.44. The molecule has 0 bridgehead atoms. The fraction of sp³-hybridized carbons (Fsp3) is 0.235. The predicted octanol–water partition coefficient (Wildman–Crippen LogP) is 2.76. The number of amides is 1. The minimum atomic E-state index is -4.17. The quantitative estimate of drug-likeness (QED) is 0.750. The van der Waals surface area contributed by atoms with Gasteiger partial charge in [0.15, 0.2) is 0 Å². The molecule has 0 heterocycles. The van der Waals surface area contributed by atoms with E-state index in [1.165, 1.54) is 33.4 Å². The lowest BCUT2D eigenvalue weighted by molar-refractivity contribution is -0.116. The van der Waals surface area contributed by atoms with Crippen molar-refractivity contribution in [1.82, 2.24) is 4.31 Å². The van der Waals surface area contributed by atoms with Gasteiger partial charge in [-0.3, -0.25) is 4.79 Å². The molecule has 0 spiro atoms. The number of anilines is 1. The summed E-state index contributed by atoms with van der Waals surface area (Å²) in [5.41, 5.74) is 0.295. The number of sulfonamides is 1. The minimum absolute atomic E-state index is 0.0276. The van der Waals surface area contributed by atoms with Gasteiger partial charge >= 0.3 is 0 Å². The van der Waals surface area contributed by atoms with Crippen LogP contribution in [0.15, 0.2) is 41.3 Å². The number of rotatable bonds is 7. The second-order valence-electron chi connectivity index (χ2n) is 5.45. The summed E-state index contributed by atoms with van der Waals surface area (Å²) in [6.45, 7) is -0.516. The predicted molar refractivity (Wildman–Crippen MR) is 99.4 cm³/mol. The molecule has 0 aliphatic carbocycles. The monoisotopic (exact) mass is 416 g/mol. The normalized spacial score (nSPS) is 11.3. The van der Waals surface area contributed by atoms with E-state index in [0.717, 1.165) is 16.4 Å². The van der Waals surface area contributed by atoms with E-state index >= 15 is 0 Å². The van der Waals surface area contributed by atoms with Gasteiger partial charge in [-0.2, -0.15) is 4.31 Å². The molecule has 146 valence electrons. The summed E-state index contributed by atoms with van der Waals surface area (Å²) in [5.74, 6) is -1.03. The maximum absolute atomic E-state index is 13.5. The van der Waals surface area contributed by atoms with Crippen LogP contribution in [0.3, 0.4) is 0 Å². The molecule has 10 heteroatoms. The van der Waals surface area contributed by atoms with Crippen molar-refractivity contribution in [3.63, 3.8) is 0 Å². The minimum Gasteiger partial charge on any atom is -0.495 e. The molecular weight excluding hydrogens is 399 g/mol. The van der Waals surface area contributed by atoms with Gasteiger partial charge in [0.05, 0.1) is 26.5 Å². The van der Waals surface area contributed by atoms with Crippen LogP contribution in [0.4, 0.5) is 10.1 Å². The molecule has 0 fully saturated rings. The SMILES string of the molecule is COc1ccc(Cl)cc1NC(=O)CN(C)S(=O)(=O)c1cc(F)ccc1OC. The van der Waals surface area contributed by atoms with Crippen molar-refractivity contribution in [3.8, 4) is 11.5 Å². The third-order valence-corrected chi connectivity index (χ3v) is 5.68. The number of hydrogen-bond donors (Lipinski definition) is 1. The Hall–Kier alpha value is -2.36. The van der Waals surface area contributed by atoms with E-state index in [2.05, 4.69) is 5.32 Å². The fourth-order valence-corrected chi connectivity index (χ4v) is 3.74. The van der Waals surface area contributed by atoms with Crippen LogP contribution >= 0.6 is 11.6 Å². The Morgan fingerprint density at radius 2 is 1.78 bits per heavy atom. The number of nitrogens with zero attached hydrogens (tertiary/aromatic N) is 1. The Balaban J connectivity index is 2.21. The molecule has 0 atom stereocenters. The van der Waals surface area contributed by atoms with Crippen LogP contribution in [0.5, 0.6) is 11.5 Å². The summed E-state index contributed by atoms with van der Waals surface area (Å²) in [6.07, 6.45) is 0. The third kappa shape index (κ3) is 4.88. The molecule has 0 saturated heterocycles. The largest absolute Gasteiger partial charge is 0.495 e. The second-order valence-corrected chi connectivity index (χ2v) is 7.90. The maximum Gasteiger partial charge on any atom is 0.247 e. The summed E-state index contributed by atoms with van der Waals surface area (Å²) < 4.78 is 49.8. The zero-order valence-electron chi connectivity index (χ0n) is 14.8. The molecule has 0 aliphatic rings. The lowest BCUT2D eigenvalue weighted by Crippen LogP contribution is -2.35. The molecule has 0 aliphatic heterocycles. The third-order valence-electron chi connectivity index (χ3n) is 3.62. The number of benzene rings is 2. The van der Waals surface area contributed by atoms with E-state index in [9.17, 15) is 17.6 Å². The topological polar surface area (TPSA) is 84.9 Å². The van der Waals surface area contributed by atoms with E-state index in [-0.39, 0.29) is 10.6 Å². The van der Waals surface area contributed by atoms with Crippen LogP contribution < -0.4 is 14.8 Å². The van der Waals surface area contributed by atoms with Crippen molar-refractivity contribution in [3.05, 3.63) is 47.2 Å². The number of likely N-dealkylation sites (N-methyl/N-ethyl adjacent to an activating group) is 1. The van der Waals surface area contributed by atoms with Gasteiger partial charge in [-0.25, -0.2) is 12.8 Å². The van der Waals surface area contributed by atoms with Gasteiger partial charge in [-0.1, -0.05) is 11.6 Å². The Bertz CT molecular complexity index is 952. The lowest BCUT2D eigenvalue weighted by Gasteiger charge is -2.19. The molecule has 7 nitrogen and oxygen atoms in total. The smallest absolute Gasteiger partial charge is 0.247 e. The Morgan fingerprint density at radius 1 is 1.15 bits per heavy atom. The average molecular weight is 417 g/mol. The van der Waals surface area contributed by atoms with Crippen molar-refractivity contribution in [2.24, 2.45) is 0 Å². The molecular formula is C17H18ClFN2O5S. The molecule has 2 aromatic carbocycles. The number of hydrogen-bond acceptors (Lipinski definition) is 5. The zero-order valence-corrected chi connectivity index (χ0v) is 16.4. The molecule has 0 radical (unpaired) electrons. The van der Waals surface area contributed by atoms with E-state index in [0.29, 0.717) is 16.5 Å². The molecule has 2 aromatic rings. The van der Waals surface area contributed by atoms with Crippen LogP contribution in [0.25, 0.3) is 0 Å². The zero-order chi connectivity index (χ0) is 20.2. The van der Waals surface area contributed by atoms with Gasteiger partial charge in [0.25, 0.3) is 0 Å². The summed E-state index contributed by atoms with van der Waals surface area (Å²) in [4.78, 5) is 11.9. The highest BCUT2D eigenvalue weighted by Gasteiger charge is 2.27. The highest BCUT2D eigenvalue weighted by molar-refractivity contribution is 7.89. The van der Waals surface area contributed by atoms with Crippen LogP contribution in [0.1, 0.15) is 0 Å². The summed E-state index contributed by atoms with van der Waals surface area (Å²) >= 11 is 5.90. The molecule has 1 N–H and O–H groups in total. The molecule has 0 unspecified atom stereocenters. The summed E-state index contributed by atoms with van der Waals surface area (Å²) in [7, 11) is -0.272. The molecule has 0 aromatic heterocycles. The van der Waals surface area contributed by atoms with Crippen molar-refractivity contribution in [2.75, 3.05) is 33.1 Å². The van der Waals surface area contributed by atoms with Crippen LogP contribution in [-0.4, -0.2) is 46.4 Å². The number of carbonyl (C=O) groups excluding carboxylic acids is 1. The lowest BCUT2D eigenvalue weighted by atomic mass is 10.3. The Morgan fingerprint density at radius 3 is 2.41 bits per heavy atom. The average Bonchev–Trinajstić information content (AvgIpc) is 2.61. The number of halogens is 2. The van der Waals surface area contributed by atoms with Crippen molar-refractivity contribution < 1.29 is 27.1 Å². The summed E-state index contributed by atoms with van der Waals surface area (Å²) in [6, 6.07) is 7.74. The molecule has 0 saturated carbocycles. The fourth-order valence-electron chi connectivity index (χ4n) is 2.27. The summed E-state index contributed by atoms with van der Waals surface area (Å²) in [5, 5.41) is 2.91. The van der Waals surface area contributed by atoms with Crippen molar-refractivity contribution in [1.29, 1.82) is 0 Å². The van der Waals surface area contributed by atoms with Gasteiger partial charge in [0.2, 0.25) is 15.9 Å². The highest BCUT2D eigenvalue weighted by atomic mass is 35.5. The number of carbonyl (C=O) groups is 1. The van der Waals surface area contributed by atoms with Gasteiger partial charge in [-0.05, 0) is 36.4 Å². The van der Waals surface area contributed by atoms with Gasteiger partial charge < -0.3 is 14.8 Å². The molecule has 27 heavy (non-hydrogen) atoms. The second kappa shape index (κ2) is 8.55. The van der Waals surface area contributed by atoms with Gasteiger partial charge in [0.1, 0.15) is 22.2 Å². The highest BCUT2D eigenvalue weighted by Crippen LogP contribution is 2.29. The van der Waals surface area contributed by atoms with E-state index in [4.69, 9.17) is 21.1 Å².